The number of amides is 2. The molecular formula is C13H20N2O4. The zero-order valence-electron chi connectivity index (χ0n) is 10.9. The molecule has 0 aromatic heterocycles. The van der Waals surface area contributed by atoms with Gasteiger partial charge < -0.3 is 15.7 Å². The van der Waals surface area contributed by atoms with Crippen molar-refractivity contribution in [3.63, 3.8) is 0 Å². The van der Waals surface area contributed by atoms with Crippen LogP contribution in [0.25, 0.3) is 0 Å². The van der Waals surface area contributed by atoms with E-state index in [1.54, 1.807) is 0 Å². The number of hydrogen-bond acceptors (Lipinski definition) is 3. The van der Waals surface area contributed by atoms with E-state index < -0.39 is 18.1 Å². The van der Waals surface area contributed by atoms with E-state index in [1.165, 1.54) is 0 Å². The molecule has 1 aliphatic carbocycles. The fourth-order valence-corrected chi connectivity index (χ4v) is 2.91. The third-order valence-corrected chi connectivity index (χ3v) is 4.00. The standard InChI is InChI=1S/C13H20N2O4/c16-10-7-6-9(14-10)12(17)15-11(13(18)19)8-4-2-1-3-5-8/h8-9,11H,1-7H2,(H,14,16)(H,15,17)(H,18,19)/t9-,11-/m1/s1. The lowest BCUT2D eigenvalue weighted by atomic mass is 9.84. The summed E-state index contributed by atoms with van der Waals surface area (Å²) in [5, 5.41) is 14.4. The molecule has 6 heteroatoms. The molecule has 0 spiro atoms. The van der Waals surface area contributed by atoms with E-state index in [-0.39, 0.29) is 17.7 Å². The Bertz CT molecular complexity index is 377. The topological polar surface area (TPSA) is 95.5 Å². The highest BCUT2D eigenvalue weighted by atomic mass is 16.4. The monoisotopic (exact) mass is 268 g/mol. The van der Waals surface area contributed by atoms with Crippen molar-refractivity contribution in [2.24, 2.45) is 5.92 Å². The summed E-state index contributed by atoms with van der Waals surface area (Å²) in [5.41, 5.74) is 0. The summed E-state index contributed by atoms with van der Waals surface area (Å²) >= 11 is 0. The Hall–Kier alpha value is -1.59. The normalized spacial score (nSPS) is 25.7. The molecule has 2 fully saturated rings. The van der Waals surface area contributed by atoms with Crippen LogP contribution in [0.2, 0.25) is 0 Å². The van der Waals surface area contributed by atoms with Gasteiger partial charge in [-0.15, -0.1) is 0 Å². The number of carboxylic acid groups (broad SMARTS) is 1. The van der Waals surface area contributed by atoms with Crippen LogP contribution < -0.4 is 10.6 Å². The molecule has 106 valence electrons. The maximum absolute atomic E-state index is 12.0. The molecule has 1 saturated carbocycles. The van der Waals surface area contributed by atoms with Gasteiger partial charge in [0, 0.05) is 6.42 Å². The van der Waals surface area contributed by atoms with Crippen molar-refractivity contribution in [2.45, 2.75) is 57.0 Å². The number of carbonyl (C=O) groups excluding carboxylic acids is 2. The highest BCUT2D eigenvalue weighted by Gasteiger charge is 2.34. The highest BCUT2D eigenvalue weighted by molar-refractivity contribution is 5.92. The van der Waals surface area contributed by atoms with Crippen LogP contribution >= 0.6 is 0 Å². The minimum absolute atomic E-state index is 0.00676. The van der Waals surface area contributed by atoms with Crippen LogP contribution in [-0.4, -0.2) is 35.0 Å². The first-order valence-corrected chi connectivity index (χ1v) is 6.90. The van der Waals surface area contributed by atoms with E-state index in [2.05, 4.69) is 10.6 Å². The first-order chi connectivity index (χ1) is 9.08. The summed E-state index contributed by atoms with van der Waals surface area (Å²) in [7, 11) is 0. The fraction of sp³-hybridized carbons (Fsp3) is 0.769. The zero-order chi connectivity index (χ0) is 13.8. The SMILES string of the molecule is O=C1CC[C@H](C(=O)N[C@@H](C(=O)O)C2CCCCC2)N1. The third-order valence-electron chi connectivity index (χ3n) is 4.00. The van der Waals surface area contributed by atoms with Gasteiger partial charge in [0.15, 0.2) is 0 Å². The van der Waals surface area contributed by atoms with Crippen molar-refractivity contribution in [1.29, 1.82) is 0 Å². The van der Waals surface area contributed by atoms with E-state index in [4.69, 9.17) is 0 Å². The molecule has 0 aromatic rings. The van der Waals surface area contributed by atoms with E-state index in [0.717, 1.165) is 32.1 Å². The first kappa shape index (κ1) is 13.8. The quantitative estimate of drug-likeness (QED) is 0.688. The van der Waals surface area contributed by atoms with Crippen LogP contribution in [0.1, 0.15) is 44.9 Å². The van der Waals surface area contributed by atoms with Gasteiger partial charge in [0.1, 0.15) is 12.1 Å². The van der Waals surface area contributed by atoms with Crippen molar-refractivity contribution < 1.29 is 19.5 Å². The highest BCUT2D eigenvalue weighted by Crippen LogP contribution is 2.26. The summed E-state index contributed by atoms with van der Waals surface area (Å²) < 4.78 is 0. The number of rotatable bonds is 4. The molecule has 6 nitrogen and oxygen atoms in total. The van der Waals surface area contributed by atoms with Gasteiger partial charge in [-0.3, -0.25) is 9.59 Å². The van der Waals surface area contributed by atoms with Crippen LogP contribution in [0.15, 0.2) is 0 Å². The Morgan fingerprint density at radius 1 is 1.21 bits per heavy atom. The van der Waals surface area contributed by atoms with E-state index in [9.17, 15) is 19.5 Å². The Morgan fingerprint density at radius 2 is 1.89 bits per heavy atom. The first-order valence-electron chi connectivity index (χ1n) is 6.90. The minimum Gasteiger partial charge on any atom is -0.480 e. The van der Waals surface area contributed by atoms with Crippen LogP contribution in [0.4, 0.5) is 0 Å². The molecule has 0 radical (unpaired) electrons. The average Bonchev–Trinajstić information content (AvgIpc) is 2.83. The molecule has 1 heterocycles. The number of carbonyl (C=O) groups is 3. The molecular weight excluding hydrogens is 248 g/mol. The molecule has 2 atom stereocenters. The molecule has 19 heavy (non-hydrogen) atoms. The smallest absolute Gasteiger partial charge is 0.326 e. The van der Waals surface area contributed by atoms with Gasteiger partial charge in [0.05, 0.1) is 0 Å². The molecule has 0 bridgehead atoms. The van der Waals surface area contributed by atoms with E-state index in [0.29, 0.717) is 12.8 Å². The molecule has 2 amide bonds. The van der Waals surface area contributed by atoms with Crippen molar-refractivity contribution >= 4 is 17.8 Å². The number of aliphatic carboxylic acids is 1. The molecule has 1 aliphatic heterocycles. The summed E-state index contributed by atoms with van der Waals surface area (Å²) in [6.07, 6.45) is 5.63. The molecule has 3 N–H and O–H groups in total. The van der Waals surface area contributed by atoms with Crippen molar-refractivity contribution in [2.75, 3.05) is 0 Å². The summed E-state index contributed by atoms with van der Waals surface area (Å²) in [5.74, 6) is -1.50. The van der Waals surface area contributed by atoms with E-state index >= 15 is 0 Å². The second-order valence-corrected chi connectivity index (χ2v) is 5.38. The van der Waals surface area contributed by atoms with Crippen LogP contribution in [-0.2, 0) is 14.4 Å². The zero-order valence-corrected chi connectivity index (χ0v) is 10.9. The third kappa shape index (κ3) is 3.45. The number of nitrogens with one attached hydrogen (secondary N) is 2. The van der Waals surface area contributed by atoms with Crippen LogP contribution in [0.3, 0.4) is 0 Å². The summed E-state index contributed by atoms with van der Waals surface area (Å²) in [4.78, 5) is 34.3. The Morgan fingerprint density at radius 3 is 2.42 bits per heavy atom. The van der Waals surface area contributed by atoms with Crippen molar-refractivity contribution in [1.82, 2.24) is 10.6 Å². The van der Waals surface area contributed by atoms with Gasteiger partial charge in [0.25, 0.3) is 0 Å². The second kappa shape index (κ2) is 6.04. The maximum Gasteiger partial charge on any atom is 0.326 e. The fourth-order valence-electron chi connectivity index (χ4n) is 2.91. The van der Waals surface area contributed by atoms with Gasteiger partial charge in [0.2, 0.25) is 11.8 Å². The minimum atomic E-state index is -0.982. The number of hydrogen-bond donors (Lipinski definition) is 3. The van der Waals surface area contributed by atoms with Gasteiger partial charge in [-0.1, -0.05) is 19.3 Å². The Labute approximate surface area is 111 Å². The van der Waals surface area contributed by atoms with Gasteiger partial charge in [-0.2, -0.15) is 0 Å². The predicted octanol–water partition coefficient (Wildman–Crippen LogP) is 0.415. The molecule has 0 aromatic carbocycles. The molecule has 1 saturated heterocycles. The molecule has 2 aliphatic rings. The van der Waals surface area contributed by atoms with Crippen LogP contribution in [0.5, 0.6) is 0 Å². The largest absolute Gasteiger partial charge is 0.480 e. The predicted molar refractivity (Wildman–Crippen MR) is 67.3 cm³/mol. The average molecular weight is 268 g/mol. The van der Waals surface area contributed by atoms with Gasteiger partial charge in [-0.05, 0) is 25.2 Å². The van der Waals surface area contributed by atoms with Crippen molar-refractivity contribution in [3.8, 4) is 0 Å². The summed E-state index contributed by atoms with van der Waals surface area (Å²) in [6.45, 7) is 0. The van der Waals surface area contributed by atoms with Gasteiger partial charge >= 0.3 is 5.97 Å². The van der Waals surface area contributed by atoms with E-state index in [1.807, 2.05) is 0 Å². The Kier molecular flexibility index (Phi) is 4.39. The van der Waals surface area contributed by atoms with Gasteiger partial charge in [-0.25, -0.2) is 4.79 Å². The molecule has 2 rings (SSSR count). The maximum atomic E-state index is 12.0. The summed E-state index contributed by atoms with van der Waals surface area (Å²) in [6, 6.07) is -1.40. The van der Waals surface area contributed by atoms with Crippen LogP contribution in [0, 0.1) is 5.92 Å². The molecule has 0 unspecified atom stereocenters. The van der Waals surface area contributed by atoms with Crippen molar-refractivity contribution in [3.05, 3.63) is 0 Å². The Balaban J connectivity index is 1.94. The number of carboxylic acids is 1. The lowest BCUT2D eigenvalue weighted by Crippen LogP contribution is -2.52. The lowest BCUT2D eigenvalue weighted by molar-refractivity contribution is -0.144. The lowest BCUT2D eigenvalue weighted by Gasteiger charge is -2.28. The second-order valence-electron chi connectivity index (χ2n) is 5.38.